The van der Waals surface area contributed by atoms with Gasteiger partial charge in [-0.1, -0.05) is 90.6 Å². The van der Waals surface area contributed by atoms with Crippen molar-refractivity contribution in [2.45, 2.75) is 9.79 Å². The Kier molecular flexibility index (Phi) is 4.32. The van der Waals surface area contributed by atoms with Crippen molar-refractivity contribution in [1.82, 2.24) is 15.0 Å². The summed E-state index contributed by atoms with van der Waals surface area (Å²) in [5, 5.41) is 5.42. The van der Waals surface area contributed by atoms with Crippen molar-refractivity contribution in [3.63, 3.8) is 0 Å². The van der Waals surface area contributed by atoms with Gasteiger partial charge in [0.2, 0.25) is 0 Å². The van der Waals surface area contributed by atoms with Crippen LogP contribution in [0.2, 0.25) is 0 Å². The van der Waals surface area contributed by atoms with E-state index in [0.29, 0.717) is 17.5 Å². The minimum Gasteiger partial charge on any atom is -0.208 e. The van der Waals surface area contributed by atoms with Crippen molar-refractivity contribution in [1.29, 1.82) is 0 Å². The Balaban J connectivity index is 1.39. The summed E-state index contributed by atoms with van der Waals surface area (Å²) in [4.78, 5) is 17.4. The standard InChI is InChI=1S/C31H17N3S2/c1-3-8-19(9-4-1)29-32-30(20-10-5-2-6-11-20)34-31(33-29)21-16-24-27-25(17-21)36-23-15-14-18-12-7-13-22(35-24)26(18)28(23)27/h1-17H. The molecule has 5 aromatic carbocycles. The maximum Gasteiger partial charge on any atom is 0.164 e. The Morgan fingerprint density at radius 2 is 1.11 bits per heavy atom. The van der Waals surface area contributed by atoms with Gasteiger partial charge in [0.1, 0.15) is 0 Å². The lowest BCUT2D eigenvalue weighted by Gasteiger charge is -2.16. The van der Waals surface area contributed by atoms with E-state index in [2.05, 4.69) is 42.5 Å². The van der Waals surface area contributed by atoms with Crippen LogP contribution in [0.15, 0.2) is 113 Å². The third kappa shape index (κ3) is 3.03. The first-order chi connectivity index (χ1) is 17.8. The molecule has 8 rings (SSSR count). The fourth-order valence-corrected chi connectivity index (χ4v) is 7.50. The summed E-state index contributed by atoms with van der Waals surface area (Å²) in [7, 11) is 0. The predicted octanol–water partition coefficient (Wildman–Crippen LogP) is 8.86. The van der Waals surface area contributed by atoms with Crippen molar-refractivity contribution in [2.75, 3.05) is 0 Å². The van der Waals surface area contributed by atoms with Crippen LogP contribution < -0.4 is 0 Å². The molecular weight excluding hydrogens is 478 g/mol. The Bertz CT molecular complexity index is 1900. The first kappa shape index (κ1) is 20.2. The quantitative estimate of drug-likeness (QED) is 0.245. The second kappa shape index (κ2) is 7.72. The molecule has 2 aromatic heterocycles. The van der Waals surface area contributed by atoms with Crippen LogP contribution in [0.5, 0.6) is 0 Å². The van der Waals surface area contributed by atoms with Gasteiger partial charge in [-0.2, -0.15) is 0 Å². The van der Waals surface area contributed by atoms with Crippen molar-refractivity contribution >= 4 is 54.0 Å². The maximum atomic E-state index is 4.96. The van der Waals surface area contributed by atoms with Gasteiger partial charge in [-0.3, -0.25) is 0 Å². The highest BCUT2D eigenvalue weighted by molar-refractivity contribution is 8.00. The van der Waals surface area contributed by atoms with Gasteiger partial charge >= 0.3 is 0 Å². The van der Waals surface area contributed by atoms with E-state index in [-0.39, 0.29) is 0 Å². The van der Waals surface area contributed by atoms with E-state index in [0.717, 1.165) is 16.7 Å². The second-order valence-corrected chi connectivity index (χ2v) is 11.1. The van der Waals surface area contributed by atoms with E-state index in [9.17, 15) is 0 Å². The van der Waals surface area contributed by atoms with E-state index in [1.54, 1.807) is 0 Å². The lowest BCUT2D eigenvalue weighted by molar-refractivity contribution is 1.07. The lowest BCUT2D eigenvalue weighted by atomic mass is 10.0. The smallest absolute Gasteiger partial charge is 0.164 e. The fraction of sp³-hybridized carbons (Fsp3) is 0. The molecule has 0 spiro atoms. The monoisotopic (exact) mass is 495 g/mol. The zero-order valence-electron chi connectivity index (χ0n) is 19.0. The topological polar surface area (TPSA) is 38.7 Å². The molecule has 0 atom stereocenters. The van der Waals surface area contributed by atoms with Crippen LogP contribution in [0.1, 0.15) is 0 Å². The molecule has 0 aliphatic carbocycles. The first-order valence-corrected chi connectivity index (χ1v) is 13.4. The van der Waals surface area contributed by atoms with Gasteiger partial charge in [0, 0.05) is 52.0 Å². The fourth-order valence-electron chi connectivity index (χ4n) is 5.05. The molecule has 36 heavy (non-hydrogen) atoms. The molecule has 3 heterocycles. The summed E-state index contributed by atoms with van der Waals surface area (Å²) in [5.41, 5.74) is 2.98. The Hall–Kier alpha value is -4.06. The molecule has 0 N–H and O–H groups in total. The normalized spacial score (nSPS) is 12.3. The molecule has 3 nitrogen and oxygen atoms in total. The molecule has 168 valence electrons. The van der Waals surface area contributed by atoms with Gasteiger partial charge in [0.15, 0.2) is 17.5 Å². The molecular formula is C31H17N3S2. The number of thiophene rings is 1. The van der Waals surface area contributed by atoms with Gasteiger partial charge in [0.25, 0.3) is 0 Å². The number of hydrogen-bond donors (Lipinski definition) is 0. The highest BCUT2D eigenvalue weighted by atomic mass is 32.2. The van der Waals surface area contributed by atoms with Crippen LogP contribution in [0, 0.1) is 0 Å². The Morgan fingerprint density at radius 1 is 0.444 bits per heavy atom. The largest absolute Gasteiger partial charge is 0.208 e. The molecule has 0 unspecified atom stereocenters. The summed E-state index contributed by atoms with van der Waals surface area (Å²) in [6.07, 6.45) is 0. The van der Waals surface area contributed by atoms with Gasteiger partial charge in [-0.15, -0.1) is 11.3 Å². The number of rotatable bonds is 3. The van der Waals surface area contributed by atoms with Crippen molar-refractivity contribution < 1.29 is 0 Å². The maximum absolute atomic E-state index is 4.96. The summed E-state index contributed by atoms with van der Waals surface area (Å²) >= 11 is 3.70. The van der Waals surface area contributed by atoms with Crippen LogP contribution in [0.3, 0.4) is 0 Å². The van der Waals surface area contributed by atoms with E-state index in [1.165, 1.54) is 40.7 Å². The number of nitrogens with zero attached hydrogens (tertiary/aromatic N) is 3. The first-order valence-electron chi connectivity index (χ1n) is 11.8. The third-order valence-corrected chi connectivity index (χ3v) is 8.89. The van der Waals surface area contributed by atoms with Crippen LogP contribution in [-0.4, -0.2) is 15.0 Å². The molecule has 0 bridgehead atoms. The molecule has 0 saturated carbocycles. The SMILES string of the molecule is c1ccc(-c2nc(-c3ccccc3)nc(-c3cc4c5c(c3)sc3ccc6cccc(c6c35)S4)n2)cc1. The minimum absolute atomic E-state index is 0.684. The lowest BCUT2D eigenvalue weighted by Crippen LogP contribution is -2.00. The molecule has 1 aliphatic rings. The van der Waals surface area contributed by atoms with Crippen LogP contribution >= 0.6 is 23.1 Å². The minimum atomic E-state index is 0.684. The highest BCUT2D eigenvalue weighted by Gasteiger charge is 2.22. The van der Waals surface area contributed by atoms with E-state index in [4.69, 9.17) is 15.0 Å². The Morgan fingerprint density at radius 3 is 1.81 bits per heavy atom. The summed E-state index contributed by atoms with van der Waals surface area (Å²) in [6, 6.07) is 35.9. The average Bonchev–Trinajstić information content (AvgIpc) is 3.33. The molecule has 0 saturated heterocycles. The van der Waals surface area contributed by atoms with E-state index >= 15 is 0 Å². The summed E-state index contributed by atoms with van der Waals surface area (Å²) in [6.45, 7) is 0. The molecule has 1 aliphatic heterocycles. The second-order valence-electron chi connectivity index (χ2n) is 8.88. The van der Waals surface area contributed by atoms with Crippen LogP contribution in [-0.2, 0) is 0 Å². The van der Waals surface area contributed by atoms with Crippen LogP contribution in [0.4, 0.5) is 0 Å². The molecule has 0 fully saturated rings. The zero-order valence-corrected chi connectivity index (χ0v) is 20.6. The van der Waals surface area contributed by atoms with Gasteiger partial charge < -0.3 is 0 Å². The molecule has 0 amide bonds. The highest BCUT2D eigenvalue weighted by Crippen LogP contribution is 2.52. The van der Waals surface area contributed by atoms with Crippen LogP contribution in [0.25, 0.3) is 65.1 Å². The molecule has 5 heteroatoms. The predicted molar refractivity (Wildman–Crippen MR) is 151 cm³/mol. The Labute approximate surface area is 215 Å². The van der Waals surface area contributed by atoms with E-state index in [1.807, 2.05) is 83.8 Å². The van der Waals surface area contributed by atoms with Gasteiger partial charge in [-0.25, -0.2) is 15.0 Å². The number of aromatic nitrogens is 3. The van der Waals surface area contributed by atoms with Crippen molar-refractivity contribution in [3.8, 4) is 34.2 Å². The molecule has 0 radical (unpaired) electrons. The number of hydrogen-bond acceptors (Lipinski definition) is 5. The summed E-state index contributed by atoms with van der Waals surface area (Å²) in [5.74, 6) is 2.07. The van der Waals surface area contributed by atoms with E-state index < -0.39 is 0 Å². The third-order valence-electron chi connectivity index (χ3n) is 6.68. The molecule has 7 aromatic rings. The average molecular weight is 496 g/mol. The zero-order chi connectivity index (χ0) is 23.6. The summed E-state index contributed by atoms with van der Waals surface area (Å²) < 4.78 is 2.60. The van der Waals surface area contributed by atoms with Gasteiger partial charge in [-0.05, 0) is 29.7 Å². The van der Waals surface area contributed by atoms with Gasteiger partial charge in [0.05, 0.1) is 0 Å². The van der Waals surface area contributed by atoms with Crippen molar-refractivity contribution in [2.24, 2.45) is 0 Å². The number of benzene rings is 5. The van der Waals surface area contributed by atoms with Crippen molar-refractivity contribution in [3.05, 3.63) is 103 Å².